The molecule has 3 N–H and O–H groups in total. The Hall–Kier alpha value is -2.63. The van der Waals surface area contributed by atoms with E-state index in [1.54, 1.807) is 30.3 Å². The maximum absolute atomic E-state index is 12.6. The molecule has 0 bridgehead atoms. The van der Waals surface area contributed by atoms with E-state index in [1.807, 2.05) is 0 Å². The summed E-state index contributed by atoms with van der Waals surface area (Å²) < 4.78 is 18.1. The molecule has 0 aliphatic carbocycles. The molecule has 4 rings (SSSR count). The zero-order chi connectivity index (χ0) is 21.1. The second-order valence-electron chi connectivity index (χ2n) is 7.10. The van der Waals surface area contributed by atoms with Crippen LogP contribution in [0.2, 0.25) is 0 Å². The highest BCUT2D eigenvalue weighted by Crippen LogP contribution is 2.33. The number of aliphatic hydroxyl groups excluding tert-OH is 2. The molecule has 2 saturated heterocycles. The molecular formula is C20H23N3O7. The number of hydrogen-bond donors (Lipinski definition) is 3. The van der Waals surface area contributed by atoms with Crippen molar-refractivity contribution in [2.24, 2.45) is 0 Å². The molecule has 30 heavy (non-hydrogen) atoms. The zero-order valence-electron chi connectivity index (χ0n) is 16.1. The third-order valence-corrected chi connectivity index (χ3v) is 5.07. The predicted molar refractivity (Wildman–Crippen MR) is 104 cm³/mol. The van der Waals surface area contributed by atoms with Crippen molar-refractivity contribution >= 4 is 11.7 Å². The molecule has 3 heterocycles. The van der Waals surface area contributed by atoms with Gasteiger partial charge in [0.15, 0.2) is 12.5 Å². The minimum absolute atomic E-state index is 0.0824. The number of anilines is 1. The van der Waals surface area contributed by atoms with Gasteiger partial charge < -0.3 is 29.7 Å². The number of carbonyl (C=O) groups excluding carboxylic acids is 1. The fraction of sp³-hybridized carbons (Fsp3) is 0.450. The molecule has 2 aliphatic rings. The lowest BCUT2D eigenvalue weighted by Crippen LogP contribution is -2.40. The van der Waals surface area contributed by atoms with Gasteiger partial charge >= 0.3 is 5.69 Å². The van der Waals surface area contributed by atoms with Crippen molar-refractivity contribution in [1.29, 1.82) is 0 Å². The molecule has 0 radical (unpaired) electrons. The van der Waals surface area contributed by atoms with E-state index in [9.17, 15) is 19.8 Å². The highest BCUT2D eigenvalue weighted by molar-refractivity contribution is 6.03. The number of nitrogens with zero attached hydrogens (tertiary/aromatic N) is 2. The van der Waals surface area contributed by atoms with Gasteiger partial charge in [-0.05, 0) is 24.6 Å². The normalized spacial score (nSPS) is 28.5. The largest absolute Gasteiger partial charge is 0.394 e. The molecule has 160 valence electrons. The van der Waals surface area contributed by atoms with Crippen LogP contribution in [0.1, 0.15) is 29.4 Å². The summed E-state index contributed by atoms with van der Waals surface area (Å²) in [7, 11) is 0. The lowest BCUT2D eigenvalue weighted by Gasteiger charge is -2.25. The standard InChI is InChI=1S/C20H23N3O7/c24-11-13-16(25)17(30-15-7-4-10-28-15)19(29-13)23-9-8-14(22-20(23)27)21-18(26)12-5-2-1-3-6-12/h1-3,5-6,8-9,13,15-17,19,24-25H,4,7,10-11H2,(H,21,22,26,27)/t13-,15?,16-,17-,19-/m1/s1. The second kappa shape index (κ2) is 9.02. The van der Waals surface area contributed by atoms with Crippen molar-refractivity contribution in [2.45, 2.75) is 43.7 Å². The van der Waals surface area contributed by atoms with E-state index in [0.29, 0.717) is 18.6 Å². The van der Waals surface area contributed by atoms with Crippen LogP contribution in [0.4, 0.5) is 5.82 Å². The van der Waals surface area contributed by atoms with Gasteiger partial charge in [-0.3, -0.25) is 9.36 Å². The molecule has 0 spiro atoms. The van der Waals surface area contributed by atoms with E-state index < -0.39 is 49.0 Å². The summed E-state index contributed by atoms with van der Waals surface area (Å²) in [6.45, 7) is 0.121. The molecule has 5 atom stereocenters. The first-order chi connectivity index (χ1) is 14.6. The summed E-state index contributed by atoms with van der Waals surface area (Å²) >= 11 is 0. The Morgan fingerprint density at radius 3 is 2.77 bits per heavy atom. The van der Waals surface area contributed by atoms with Gasteiger partial charge in [-0.25, -0.2) is 4.79 Å². The Balaban J connectivity index is 1.53. The monoisotopic (exact) mass is 417 g/mol. The molecular weight excluding hydrogens is 394 g/mol. The average Bonchev–Trinajstić information content (AvgIpc) is 3.38. The molecule has 2 fully saturated rings. The van der Waals surface area contributed by atoms with Crippen LogP contribution in [0.15, 0.2) is 47.4 Å². The van der Waals surface area contributed by atoms with Gasteiger partial charge in [0.05, 0.1) is 6.61 Å². The van der Waals surface area contributed by atoms with Gasteiger partial charge in [-0.15, -0.1) is 0 Å². The van der Waals surface area contributed by atoms with Gasteiger partial charge in [0.1, 0.15) is 24.1 Å². The summed E-state index contributed by atoms with van der Waals surface area (Å²) in [6, 6.07) is 10.00. The lowest BCUT2D eigenvalue weighted by molar-refractivity contribution is -0.182. The Labute approximate surface area is 172 Å². The zero-order valence-corrected chi connectivity index (χ0v) is 16.1. The number of benzene rings is 1. The first-order valence-electron chi connectivity index (χ1n) is 9.74. The third kappa shape index (κ3) is 4.27. The summed E-state index contributed by atoms with van der Waals surface area (Å²) in [4.78, 5) is 28.8. The maximum Gasteiger partial charge on any atom is 0.351 e. The van der Waals surface area contributed by atoms with Crippen LogP contribution in [-0.2, 0) is 14.2 Å². The Morgan fingerprint density at radius 1 is 1.30 bits per heavy atom. The van der Waals surface area contributed by atoms with E-state index in [4.69, 9.17) is 14.2 Å². The molecule has 1 aromatic carbocycles. The molecule has 1 aromatic heterocycles. The van der Waals surface area contributed by atoms with Crippen LogP contribution in [0.3, 0.4) is 0 Å². The van der Waals surface area contributed by atoms with Crippen LogP contribution in [-0.4, -0.2) is 63.5 Å². The van der Waals surface area contributed by atoms with Crippen LogP contribution >= 0.6 is 0 Å². The smallest absolute Gasteiger partial charge is 0.351 e. The minimum Gasteiger partial charge on any atom is -0.394 e. The van der Waals surface area contributed by atoms with Crippen molar-refractivity contribution in [1.82, 2.24) is 9.55 Å². The second-order valence-corrected chi connectivity index (χ2v) is 7.10. The molecule has 2 aliphatic heterocycles. The Morgan fingerprint density at radius 2 is 2.10 bits per heavy atom. The van der Waals surface area contributed by atoms with E-state index in [1.165, 1.54) is 12.3 Å². The van der Waals surface area contributed by atoms with Crippen molar-refractivity contribution in [3.8, 4) is 0 Å². The number of nitrogens with one attached hydrogen (secondary N) is 1. The van der Waals surface area contributed by atoms with Crippen LogP contribution in [0, 0.1) is 0 Å². The number of ether oxygens (including phenoxy) is 3. The van der Waals surface area contributed by atoms with E-state index >= 15 is 0 Å². The van der Waals surface area contributed by atoms with Crippen molar-refractivity contribution in [2.75, 3.05) is 18.5 Å². The molecule has 2 aromatic rings. The number of aromatic nitrogens is 2. The van der Waals surface area contributed by atoms with Crippen molar-refractivity contribution in [3.63, 3.8) is 0 Å². The third-order valence-electron chi connectivity index (χ3n) is 5.07. The van der Waals surface area contributed by atoms with Gasteiger partial charge in [0, 0.05) is 24.8 Å². The number of aliphatic hydroxyl groups is 2. The molecule has 10 heteroatoms. The molecule has 1 unspecified atom stereocenters. The molecule has 10 nitrogen and oxygen atoms in total. The predicted octanol–water partition coefficient (Wildman–Crippen LogP) is 0.268. The van der Waals surface area contributed by atoms with Gasteiger partial charge in [-0.2, -0.15) is 4.98 Å². The van der Waals surface area contributed by atoms with Crippen LogP contribution in [0.5, 0.6) is 0 Å². The van der Waals surface area contributed by atoms with E-state index in [-0.39, 0.29) is 5.82 Å². The van der Waals surface area contributed by atoms with Gasteiger partial charge in [0.2, 0.25) is 0 Å². The molecule has 0 saturated carbocycles. The lowest BCUT2D eigenvalue weighted by atomic mass is 10.1. The van der Waals surface area contributed by atoms with E-state index in [0.717, 1.165) is 11.0 Å². The van der Waals surface area contributed by atoms with Crippen LogP contribution in [0.25, 0.3) is 0 Å². The summed E-state index contributed by atoms with van der Waals surface area (Å²) in [5, 5.41) is 22.5. The quantitative estimate of drug-likeness (QED) is 0.610. The first kappa shape index (κ1) is 20.6. The van der Waals surface area contributed by atoms with Crippen LogP contribution < -0.4 is 11.0 Å². The summed E-state index contributed by atoms with van der Waals surface area (Å²) in [5.74, 6) is -0.313. The van der Waals surface area contributed by atoms with E-state index in [2.05, 4.69) is 10.3 Å². The van der Waals surface area contributed by atoms with Gasteiger partial charge in [-0.1, -0.05) is 18.2 Å². The Kier molecular flexibility index (Phi) is 6.21. The fourth-order valence-corrected chi connectivity index (χ4v) is 3.52. The average molecular weight is 417 g/mol. The number of hydrogen-bond acceptors (Lipinski definition) is 8. The number of carbonyl (C=O) groups is 1. The highest BCUT2D eigenvalue weighted by atomic mass is 16.7. The maximum atomic E-state index is 12.6. The van der Waals surface area contributed by atoms with Crippen molar-refractivity contribution in [3.05, 3.63) is 58.6 Å². The minimum atomic E-state index is -1.14. The van der Waals surface area contributed by atoms with Crippen molar-refractivity contribution < 1.29 is 29.2 Å². The summed E-state index contributed by atoms with van der Waals surface area (Å²) in [6.07, 6.45) is -1.59. The SMILES string of the molecule is O=C(Nc1ccn([C@@H]2O[C@H](CO)[C@@H](O)[C@H]2OC2CCCO2)c(=O)n1)c1ccccc1. The fourth-order valence-electron chi connectivity index (χ4n) is 3.52. The van der Waals surface area contributed by atoms with Gasteiger partial charge in [0.25, 0.3) is 5.91 Å². The number of rotatable bonds is 6. The molecule has 1 amide bonds. The number of amides is 1. The first-order valence-corrected chi connectivity index (χ1v) is 9.74. The Bertz CT molecular complexity index is 929. The highest BCUT2D eigenvalue weighted by Gasteiger charge is 2.47. The summed E-state index contributed by atoms with van der Waals surface area (Å²) in [5.41, 5.74) is -0.265. The topological polar surface area (TPSA) is 132 Å².